The molecule has 4 heterocycles. The lowest BCUT2D eigenvalue weighted by molar-refractivity contribution is -0.140. The van der Waals surface area contributed by atoms with Crippen molar-refractivity contribution < 1.29 is 17.9 Å². The molecule has 0 saturated heterocycles. The van der Waals surface area contributed by atoms with Crippen molar-refractivity contribution in [2.45, 2.75) is 38.4 Å². The summed E-state index contributed by atoms with van der Waals surface area (Å²) < 4.78 is 47.9. The van der Waals surface area contributed by atoms with E-state index >= 15 is 0 Å². The number of hydrogen-bond acceptors (Lipinski definition) is 7. The fourth-order valence-corrected chi connectivity index (χ4v) is 4.48. The van der Waals surface area contributed by atoms with Gasteiger partial charge in [0.2, 0.25) is 5.88 Å². The van der Waals surface area contributed by atoms with Crippen LogP contribution in [0.25, 0.3) is 33.8 Å². The van der Waals surface area contributed by atoms with Gasteiger partial charge < -0.3 is 9.30 Å². The topological polar surface area (TPSA) is 96.4 Å². The van der Waals surface area contributed by atoms with Crippen LogP contribution in [0.5, 0.6) is 5.88 Å². The third-order valence-corrected chi connectivity index (χ3v) is 6.48. The van der Waals surface area contributed by atoms with Gasteiger partial charge in [0.15, 0.2) is 17.2 Å². The monoisotopic (exact) mass is 520 g/mol. The van der Waals surface area contributed by atoms with Gasteiger partial charge in [-0.2, -0.15) is 23.3 Å². The Balaban J connectivity index is 1.32. The van der Waals surface area contributed by atoms with E-state index in [-0.39, 0.29) is 5.82 Å². The zero-order valence-corrected chi connectivity index (χ0v) is 20.9. The molecule has 6 rings (SSSR count). The Morgan fingerprint density at radius 3 is 2.45 bits per heavy atom. The average molecular weight is 521 g/mol. The van der Waals surface area contributed by atoms with Crippen molar-refractivity contribution in [3.05, 3.63) is 65.6 Å². The summed E-state index contributed by atoms with van der Waals surface area (Å²) in [6.07, 6.45) is 2.02. The minimum absolute atomic E-state index is 0.242. The van der Waals surface area contributed by atoms with Crippen LogP contribution in [-0.2, 0) is 19.8 Å². The van der Waals surface area contributed by atoms with Crippen LogP contribution in [0, 0.1) is 6.92 Å². The number of rotatable bonds is 6. The molecule has 1 fully saturated rings. The summed E-state index contributed by atoms with van der Waals surface area (Å²) in [5.74, 6) is 2.15. The van der Waals surface area contributed by atoms with Crippen LogP contribution in [0.4, 0.5) is 13.2 Å². The highest BCUT2D eigenvalue weighted by molar-refractivity contribution is 5.77. The number of halogens is 3. The second-order valence-corrected chi connectivity index (χ2v) is 9.34. The van der Waals surface area contributed by atoms with Crippen molar-refractivity contribution in [1.29, 1.82) is 0 Å². The molecule has 0 N–H and O–H groups in total. The molecule has 38 heavy (non-hydrogen) atoms. The molecule has 194 valence electrons. The third-order valence-electron chi connectivity index (χ3n) is 6.48. The van der Waals surface area contributed by atoms with E-state index in [0.717, 1.165) is 35.7 Å². The zero-order chi connectivity index (χ0) is 26.6. The molecular weight excluding hydrogens is 497 g/mol. The van der Waals surface area contributed by atoms with Gasteiger partial charge in [0, 0.05) is 30.9 Å². The van der Waals surface area contributed by atoms with E-state index in [4.69, 9.17) is 9.72 Å². The minimum Gasteiger partial charge on any atom is -0.480 e. The van der Waals surface area contributed by atoms with Gasteiger partial charge in [0.1, 0.15) is 17.2 Å². The van der Waals surface area contributed by atoms with Gasteiger partial charge >= 0.3 is 6.18 Å². The van der Waals surface area contributed by atoms with Crippen LogP contribution in [0.2, 0.25) is 0 Å². The Kier molecular flexibility index (Phi) is 5.62. The first-order valence-corrected chi connectivity index (χ1v) is 12.0. The molecule has 4 aromatic heterocycles. The van der Waals surface area contributed by atoms with Gasteiger partial charge in [-0.15, -0.1) is 0 Å². The molecule has 1 aliphatic rings. The second-order valence-electron chi connectivity index (χ2n) is 9.34. The lowest BCUT2D eigenvalue weighted by Gasteiger charge is -2.12. The van der Waals surface area contributed by atoms with Crippen LogP contribution in [-0.4, -0.2) is 46.4 Å². The number of aryl methyl sites for hydroxylation is 2. The second kappa shape index (κ2) is 8.89. The van der Waals surface area contributed by atoms with Crippen LogP contribution >= 0.6 is 0 Å². The smallest absolute Gasteiger partial charge is 0.434 e. The maximum atomic E-state index is 13.1. The number of ether oxygens (including phenoxy) is 1. The quantitative estimate of drug-likeness (QED) is 0.313. The molecule has 0 amide bonds. The lowest BCUT2D eigenvalue weighted by Crippen LogP contribution is -2.06. The standard InChI is InChI=1S/C26H23F3N8O/c1-14-32-21(16-8-9-16)20(25(33-14)38-3)22-30-10-18-11-31-37(24(18)35-22)12-15-4-6-17(7-5-15)23-34-19(13-36(23)2)26(27,28)29/h4-7,10-11,13,16H,8-9,12H2,1-3H3. The summed E-state index contributed by atoms with van der Waals surface area (Å²) in [5, 5.41) is 5.26. The molecule has 0 unspecified atom stereocenters. The Morgan fingerprint density at radius 2 is 1.79 bits per heavy atom. The van der Waals surface area contributed by atoms with Crippen LogP contribution in [0.15, 0.2) is 42.9 Å². The summed E-state index contributed by atoms with van der Waals surface area (Å²) >= 11 is 0. The molecule has 9 nitrogen and oxygen atoms in total. The SMILES string of the molecule is COc1nc(C)nc(C2CC2)c1-c1ncc2cnn(Cc3ccc(-c4nc(C(F)(F)F)cn4C)cc3)c2n1. The first-order chi connectivity index (χ1) is 18.2. The van der Waals surface area contributed by atoms with E-state index in [1.165, 1.54) is 4.57 Å². The Bertz CT molecular complexity index is 1650. The predicted octanol–water partition coefficient (Wildman–Crippen LogP) is 4.95. The highest BCUT2D eigenvalue weighted by Crippen LogP contribution is 2.45. The molecule has 5 aromatic rings. The van der Waals surface area contributed by atoms with Gasteiger partial charge in [0.25, 0.3) is 0 Å². The average Bonchev–Trinajstić information content (AvgIpc) is 3.56. The van der Waals surface area contributed by atoms with Crippen molar-refractivity contribution in [3.8, 4) is 28.7 Å². The molecule has 0 radical (unpaired) electrons. The van der Waals surface area contributed by atoms with Crippen molar-refractivity contribution in [2.24, 2.45) is 7.05 Å². The fraction of sp³-hybridized carbons (Fsp3) is 0.308. The normalized spacial score (nSPS) is 13.8. The van der Waals surface area contributed by atoms with E-state index in [1.807, 2.05) is 19.1 Å². The summed E-state index contributed by atoms with van der Waals surface area (Å²) in [5.41, 5.74) is 2.81. The Hall–Kier alpha value is -4.35. The van der Waals surface area contributed by atoms with Gasteiger partial charge in [0.05, 0.1) is 30.9 Å². The molecule has 1 saturated carbocycles. The maximum absolute atomic E-state index is 13.1. The number of methoxy groups -OCH3 is 1. The molecule has 0 spiro atoms. The van der Waals surface area contributed by atoms with Crippen molar-refractivity contribution in [2.75, 3.05) is 7.11 Å². The van der Waals surface area contributed by atoms with E-state index in [9.17, 15) is 13.2 Å². The number of aromatic nitrogens is 8. The van der Waals surface area contributed by atoms with E-state index in [1.54, 1.807) is 43.4 Å². The maximum Gasteiger partial charge on any atom is 0.434 e. The summed E-state index contributed by atoms with van der Waals surface area (Å²) in [4.78, 5) is 22.3. The van der Waals surface area contributed by atoms with Crippen LogP contribution < -0.4 is 4.74 Å². The fourth-order valence-electron chi connectivity index (χ4n) is 4.48. The van der Waals surface area contributed by atoms with Crippen molar-refractivity contribution in [3.63, 3.8) is 0 Å². The van der Waals surface area contributed by atoms with Gasteiger partial charge in [-0.3, -0.25) is 0 Å². The first kappa shape index (κ1) is 24.0. The third kappa shape index (κ3) is 4.35. The largest absolute Gasteiger partial charge is 0.480 e. The lowest BCUT2D eigenvalue weighted by atomic mass is 10.1. The van der Waals surface area contributed by atoms with Crippen molar-refractivity contribution in [1.82, 2.24) is 39.3 Å². The summed E-state index contributed by atoms with van der Waals surface area (Å²) in [6, 6.07) is 7.19. The van der Waals surface area contributed by atoms with Crippen LogP contribution in [0.1, 0.15) is 41.5 Å². The molecule has 0 atom stereocenters. The molecular formula is C26H23F3N8O. The van der Waals surface area contributed by atoms with E-state index < -0.39 is 11.9 Å². The minimum atomic E-state index is -4.49. The zero-order valence-electron chi connectivity index (χ0n) is 20.9. The number of imidazole rings is 1. The summed E-state index contributed by atoms with van der Waals surface area (Å²) in [7, 11) is 3.12. The van der Waals surface area contributed by atoms with Crippen molar-refractivity contribution >= 4 is 11.0 Å². The number of benzene rings is 1. The van der Waals surface area contributed by atoms with Crippen LogP contribution in [0.3, 0.4) is 0 Å². The Morgan fingerprint density at radius 1 is 1.03 bits per heavy atom. The molecule has 12 heteroatoms. The number of nitrogens with zero attached hydrogens (tertiary/aromatic N) is 8. The number of fused-ring (bicyclic) bond motifs is 1. The molecule has 0 bridgehead atoms. The highest BCUT2D eigenvalue weighted by Gasteiger charge is 2.35. The molecule has 0 aliphatic heterocycles. The Labute approximate surface area is 215 Å². The van der Waals surface area contributed by atoms with Gasteiger partial charge in [-0.05, 0) is 25.3 Å². The predicted molar refractivity (Wildman–Crippen MR) is 132 cm³/mol. The summed E-state index contributed by atoms with van der Waals surface area (Å²) in [6.45, 7) is 2.25. The molecule has 1 aromatic carbocycles. The number of alkyl halides is 3. The van der Waals surface area contributed by atoms with Gasteiger partial charge in [-0.25, -0.2) is 24.6 Å². The number of hydrogen-bond donors (Lipinski definition) is 0. The first-order valence-electron chi connectivity index (χ1n) is 12.0. The van der Waals surface area contributed by atoms with E-state index in [0.29, 0.717) is 46.8 Å². The molecule has 1 aliphatic carbocycles. The van der Waals surface area contributed by atoms with E-state index in [2.05, 4.69) is 25.0 Å². The van der Waals surface area contributed by atoms with Gasteiger partial charge in [-0.1, -0.05) is 24.3 Å². The highest BCUT2D eigenvalue weighted by atomic mass is 19.4.